The molecule has 0 saturated heterocycles. The van der Waals surface area contributed by atoms with Crippen molar-refractivity contribution in [3.63, 3.8) is 0 Å². The summed E-state index contributed by atoms with van der Waals surface area (Å²) >= 11 is 0. The Morgan fingerprint density at radius 2 is 1.70 bits per heavy atom. The minimum Gasteiger partial charge on any atom is -0.545 e. The zero-order valence-corrected chi connectivity index (χ0v) is 14.9. The van der Waals surface area contributed by atoms with Gasteiger partial charge in [0.1, 0.15) is 11.5 Å². The second-order valence-corrected chi connectivity index (χ2v) is 6.24. The molecule has 0 saturated carbocycles. The Bertz CT molecular complexity index is 1210. The van der Waals surface area contributed by atoms with Crippen molar-refractivity contribution in [1.29, 1.82) is 0 Å². The summed E-state index contributed by atoms with van der Waals surface area (Å²) in [5.41, 5.74) is 0.0349. The number of imidazole rings is 1. The monoisotopic (exact) mass is 416 g/mol. The highest BCUT2D eigenvalue weighted by atomic mass is 19.4. The van der Waals surface area contributed by atoms with Gasteiger partial charge in [-0.1, -0.05) is 17.3 Å². The summed E-state index contributed by atoms with van der Waals surface area (Å²) in [6, 6.07) is 10.3. The third-order valence-corrected chi connectivity index (χ3v) is 4.31. The molecule has 2 aromatic heterocycles. The average molecular weight is 416 g/mol. The van der Waals surface area contributed by atoms with Crippen molar-refractivity contribution in [3.05, 3.63) is 78.2 Å². The van der Waals surface area contributed by atoms with E-state index in [1.807, 2.05) is 0 Å². The molecule has 30 heavy (non-hydrogen) atoms. The molecule has 6 nitrogen and oxygen atoms in total. The molecule has 0 aliphatic heterocycles. The first kappa shape index (κ1) is 19.4. The minimum atomic E-state index is -4.83. The van der Waals surface area contributed by atoms with Crippen LogP contribution in [0.15, 0.2) is 65.6 Å². The van der Waals surface area contributed by atoms with E-state index in [1.54, 1.807) is 0 Å². The van der Waals surface area contributed by atoms with Crippen LogP contribution in [0.4, 0.5) is 17.6 Å². The first-order valence-electron chi connectivity index (χ1n) is 8.43. The fourth-order valence-corrected chi connectivity index (χ4v) is 2.89. The highest BCUT2D eigenvalue weighted by Gasteiger charge is 2.41. The van der Waals surface area contributed by atoms with Crippen molar-refractivity contribution >= 4 is 5.97 Å². The van der Waals surface area contributed by atoms with Crippen LogP contribution in [0.3, 0.4) is 0 Å². The van der Waals surface area contributed by atoms with Gasteiger partial charge in [-0.3, -0.25) is 0 Å². The average Bonchev–Trinajstić information content (AvgIpc) is 3.35. The molecule has 0 amide bonds. The van der Waals surface area contributed by atoms with Crippen LogP contribution < -0.4 is 5.11 Å². The zero-order chi connectivity index (χ0) is 21.5. The van der Waals surface area contributed by atoms with Gasteiger partial charge in [0.25, 0.3) is 0 Å². The number of carbonyl (C=O) groups is 1. The van der Waals surface area contributed by atoms with Crippen LogP contribution in [0.1, 0.15) is 16.1 Å². The predicted molar refractivity (Wildman–Crippen MR) is 93.8 cm³/mol. The minimum absolute atomic E-state index is 0.0453. The molecular formula is C20H10F4N3O3-. The fourth-order valence-electron chi connectivity index (χ4n) is 2.89. The zero-order valence-electron chi connectivity index (χ0n) is 14.9. The molecule has 0 fully saturated rings. The lowest BCUT2D eigenvalue weighted by Crippen LogP contribution is -2.21. The molecule has 0 unspecified atom stereocenters. The molecule has 0 radical (unpaired) electrons. The molecule has 152 valence electrons. The Morgan fingerprint density at radius 1 is 1.03 bits per heavy atom. The summed E-state index contributed by atoms with van der Waals surface area (Å²) in [5, 5.41) is 14.4. The molecule has 0 spiro atoms. The number of aromatic carboxylic acids is 1. The van der Waals surface area contributed by atoms with Crippen LogP contribution in [-0.2, 0) is 6.18 Å². The maximum absolute atomic E-state index is 13.5. The van der Waals surface area contributed by atoms with Gasteiger partial charge in [-0.2, -0.15) is 13.2 Å². The third-order valence-electron chi connectivity index (χ3n) is 4.31. The second-order valence-electron chi connectivity index (χ2n) is 6.24. The number of alkyl halides is 3. The van der Waals surface area contributed by atoms with E-state index in [9.17, 15) is 27.5 Å². The highest BCUT2D eigenvalue weighted by Crippen LogP contribution is 2.42. The Labute approximate surface area is 166 Å². The van der Waals surface area contributed by atoms with E-state index in [2.05, 4.69) is 14.7 Å². The number of hydrogen-bond acceptors (Lipinski definition) is 5. The first-order valence-corrected chi connectivity index (χ1v) is 8.43. The van der Waals surface area contributed by atoms with Gasteiger partial charge >= 0.3 is 6.18 Å². The molecule has 0 bridgehead atoms. The number of halogens is 4. The summed E-state index contributed by atoms with van der Waals surface area (Å²) in [6.07, 6.45) is -2.24. The van der Waals surface area contributed by atoms with E-state index >= 15 is 0 Å². The quantitative estimate of drug-likeness (QED) is 0.474. The van der Waals surface area contributed by atoms with Crippen molar-refractivity contribution in [1.82, 2.24) is 14.7 Å². The Kier molecular flexibility index (Phi) is 4.61. The molecule has 0 atom stereocenters. The molecule has 4 aromatic rings. The number of aromatic nitrogens is 3. The van der Waals surface area contributed by atoms with Gasteiger partial charge in [0.2, 0.25) is 5.76 Å². The van der Waals surface area contributed by atoms with Crippen molar-refractivity contribution in [3.8, 4) is 28.2 Å². The molecule has 0 N–H and O–H groups in total. The Hall–Kier alpha value is -3.95. The summed E-state index contributed by atoms with van der Waals surface area (Å²) in [4.78, 5) is 14.9. The van der Waals surface area contributed by atoms with Gasteiger partial charge in [0, 0.05) is 17.4 Å². The number of rotatable bonds is 4. The predicted octanol–water partition coefficient (Wildman–Crippen LogP) is 3.72. The molecule has 4 rings (SSSR count). The number of nitrogens with zero attached hydrogens (tertiary/aromatic N) is 3. The number of hydrogen-bond donors (Lipinski definition) is 0. The highest BCUT2D eigenvalue weighted by molar-refractivity contribution is 5.86. The van der Waals surface area contributed by atoms with E-state index in [4.69, 9.17) is 0 Å². The molecule has 0 aliphatic rings. The van der Waals surface area contributed by atoms with Crippen molar-refractivity contribution < 1.29 is 32.0 Å². The second kappa shape index (κ2) is 7.14. The lowest BCUT2D eigenvalue weighted by atomic mass is 10.0. The van der Waals surface area contributed by atoms with Crippen molar-refractivity contribution in [2.75, 3.05) is 0 Å². The van der Waals surface area contributed by atoms with E-state index in [0.29, 0.717) is 5.69 Å². The van der Waals surface area contributed by atoms with E-state index in [-0.39, 0.29) is 28.1 Å². The normalized spacial score (nSPS) is 11.6. The molecule has 0 aliphatic carbocycles. The lowest BCUT2D eigenvalue weighted by Gasteiger charge is -2.06. The summed E-state index contributed by atoms with van der Waals surface area (Å²) in [5.74, 6) is -3.24. The van der Waals surface area contributed by atoms with Crippen LogP contribution in [0.2, 0.25) is 0 Å². The summed E-state index contributed by atoms with van der Waals surface area (Å²) < 4.78 is 59.6. The van der Waals surface area contributed by atoms with E-state index in [0.717, 1.165) is 12.1 Å². The maximum Gasteiger partial charge on any atom is 0.453 e. The number of carboxylic acids is 1. The topological polar surface area (TPSA) is 84.0 Å². The number of carbonyl (C=O) groups excluding carboxylic acids is 1. The Morgan fingerprint density at radius 3 is 2.30 bits per heavy atom. The molecule has 10 heteroatoms. The Balaban J connectivity index is 1.81. The smallest absolute Gasteiger partial charge is 0.453 e. The first-order chi connectivity index (χ1) is 14.2. The molecular weight excluding hydrogens is 406 g/mol. The standard InChI is InChI=1S/C20H11F4N3O3/c21-13-5-1-11(2-6-13)17-16(18(30-26-17)20(22,23)24)15-9-27(10-25-15)14-7-3-12(4-8-14)19(28)29/h1-10H,(H,28,29)/p-1. The van der Waals surface area contributed by atoms with Gasteiger partial charge in [0.15, 0.2) is 0 Å². The summed E-state index contributed by atoms with van der Waals surface area (Å²) in [6.45, 7) is 0. The molecule has 2 heterocycles. The van der Waals surface area contributed by atoms with Crippen molar-refractivity contribution in [2.45, 2.75) is 6.18 Å². The van der Waals surface area contributed by atoms with Gasteiger partial charge in [-0.15, -0.1) is 0 Å². The molecule has 2 aromatic carbocycles. The van der Waals surface area contributed by atoms with Crippen LogP contribution in [0, 0.1) is 5.82 Å². The van der Waals surface area contributed by atoms with Crippen LogP contribution >= 0.6 is 0 Å². The summed E-state index contributed by atoms with van der Waals surface area (Å²) in [7, 11) is 0. The van der Waals surface area contributed by atoms with Gasteiger partial charge in [-0.25, -0.2) is 9.37 Å². The van der Waals surface area contributed by atoms with E-state index < -0.39 is 23.7 Å². The van der Waals surface area contributed by atoms with Crippen LogP contribution in [0.25, 0.3) is 28.2 Å². The fraction of sp³-hybridized carbons (Fsp3) is 0.0500. The van der Waals surface area contributed by atoms with Crippen LogP contribution in [0.5, 0.6) is 0 Å². The maximum atomic E-state index is 13.5. The van der Waals surface area contributed by atoms with Crippen molar-refractivity contribution in [2.24, 2.45) is 0 Å². The van der Waals surface area contributed by atoms with E-state index in [1.165, 1.54) is 53.5 Å². The van der Waals surface area contributed by atoms with Gasteiger partial charge < -0.3 is 19.0 Å². The lowest BCUT2D eigenvalue weighted by molar-refractivity contribution is -0.255. The SMILES string of the molecule is O=C([O-])c1ccc(-n2cnc(-c3c(-c4ccc(F)cc4)noc3C(F)(F)F)c2)cc1. The largest absolute Gasteiger partial charge is 0.545 e. The third kappa shape index (κ3) is 3.54. The van der Waals surface area contributed by atoms with Crippen LogP contribution in [-0.4, -0.2) is 20.7 Å². The van der Waals surface area contributed by atoms with Gasteiger partial charge in [-0.05, 0) is 42.0 Å². The van der Waals surface area contributed by atoms with Gasteiger partial charge in [0.05, 0.1) is 23.6 Å². The number of carboxylic acid groups (broad SMARTS) is 1. The number of benzene rings is 2.